The van der Waals surface area contributed by atoms with E-state index in [0.29, 0.717) is 22.6 Å². The summed E-state index contributed by atoms with van der Waals surface area (Å²) >= 11 is 36.1. The molecule has 0 unspecified atom stereocenters. The number of amides is 1. The molecule has 1 amide bonds. The van der Waals surface area contributed by atoms with Crippen LogP contribution in [0.1, 0.15) is 11.1 Å². The molecule has 0 bridgehead atoms. The molecule has 5 nitrogen and oxygen atoms in total. The highest BCUT2D eigenvalue weighted by molar-refractivity contribution is 7.80. The Labute approximate surface area is 236 Å². The highest BCUT2D eigenvalue weighted by atomic mass is 35.5. The van der Waals surface area contributed by atoms with Crippen molar-refractivity contribution in [3.63, 3.8) is 0 Å². The molecule has 1 heterocycles. The molecule has 1 fully saturated rings. The van der Waals surface area contributed by atoms with Crippen LogP contribution < -0.4 is 19.7 Å². The van der Waals surface area contributed by atoms with Crippen molar-refractivity contribution in [2.24, 2.45) is 0 Å². The number of hydrogen-bond acceptors (Lipinski definition) is 4. The summed E-state index contributed by atoms with van der Waals surface area (Å²) in [4.78, 5) is 14.3. The van der Waals surface area contributed by atoms with E-state index >= 15 is 0 Å². The zero-order valence-corrected chi connectivity index (χ0v) is 22.8. The zero-order chi connectivity index (χ0) is 26.1. The van der Waals surface area contributed by atoms with Crippen LogP contribution in [-0.2, 0) is 11.4 Å². The first kappa shape index (κ1) is 26.8. The first-order valence-corrected chi connectivity index (χ1v) is 12.4. The number of nitrogens with zero attached hydrogens (tertiary/aromatic N) is 1. The minimum atomic E-state index is -0.418. The van der Waals surface area contributed by atoms with Gasteiger partial charge in [0.25, 0.3) is 5.91 Å². The number of ether oxygens (including phenoxy) is 2. The second-order valence-corrected chi connectivity index (χ2v) is 9.64. The topological polar surface area (TPSA) is 50.8 Å². The molecule has 36 heavy (non-hydrogen) atoms. The Kier molecular flexibility index (Phi) is 8.19. The molecule has 0 aliphatic carbocycles. The van der Waals surface area contributed by atoms with Crippen molar-refractivity contribution in [3.05, 3.63) is 90.2 Å². The normalized spacial score (nSPS) is 14.4. The van der Waals surface area contributed by atoms with Gasteiger partial charge in [-0.25, -0.2) is 4.39 Å². The number of halogens is 6. The van der Waals surface area contributed by atoms with Gasteiger partial charge in [-0.05, 0) is 60.3 Å². The predicted octanol–water partition coefficient (Wildman–Crippen LogP) is 7.94. The lowest BCUT2D eigenvalue weighted by atomic mass is 10.1. The number of carbonyl (C=O) groups excluding carboxylic acids is 1. The first-order valence-electron chi connectivity index (χ1n) is 10.1. The van der Waals surface area contributed by atoms with E-state index in [-0.39, 0.29) is 54.2 Å². The van der Waals surface area contributed by atoms with Gasteiger partial charge in [0.15, 0.2) is 10.9 Å². The number of hydrogen-bond donors (Lipinski definition) is 1. The van der Waals surface area contributed by atoms with E-state index in [4.69, 9.17) is 79.7 Å². The van der Waals surface area contributed by atoms with Gasteiger partial charge in [-0.1, -0.05) is 64.1 Å². The molecule has 1 aliphatic rings. The number of thiocarbonyl (C=S) groups is 1. The molecule has 0 atom stereocenters. The number of carbonyl (C=O) groups is 1. The number of benzene rings is 3. The van der Waals surface area contributed by atoms with Crippen molar-refractivity contribution in [2.45, 2.75) is 6.61 Å². The van der Waals surface area contributed by atoms with Crippen LogP contribution in [0.3, 0.4) is 0 Å². The van der Waals surface area contributed by atoms with Gasteiger partial charge in [-0.3, -0.25) is 9.69 Å². The van der Waals surface area contributed by atoms with Crippen molar-refractivity contribution in [1.29, 1.82) is 0 Å². The molecular weight excluding hydrogens is 593 g/mol. The number of anilines is 1. The molecule has 1 aliphatic heterocycles. The van der Waals surface area contributed by atoms with Crippen LogP contribution in [0.4, 0.5) is 10.1 Å². The molecule has 3 aromatic rings. The van der Waals surface area contributed by atoms with Crippen LogP contribution in [0.15, 0.2) is 48.2 Å². The molecule has 0 saturated carbocycles. The smallest absolute Gasteiger partial charge is 0.281 e. The second-order valence-electron chi connectivity index (χ2n) is 7.36. The monoisotopic (exact) mass is 604 g/mol. The highest BCUT2D eigenvalue weighted by Gasteiger charge is 2.32. The largest absolute Gasteiger partial charge is 0.496 e. The quantitative estimate of drug-likeness (QED) is 0.134. The van der Waals surface area contributed by atoms with Gasteiger partial charge in [0, 0.05) is 5.56 Å². The minimum Gasteiger partial charge on any atom is -0.496 e. The summed E-state index contributed by atoms with van der Waals surface area (Å²) in [7, 11) is 1.51. The molecule has 12 heteroatoms. The van der Waals surface area contributed by atoms with E-state index in [9.17, 15) is 9.18 Å². The molecule has 0 radical (unpaired) electrons. The minimum absolute atomic E-state index is 0.0145. The third kappa shape index (κ3) is 5.23. The average molecular weight is 607 g/mol. The Morgan fingerprint density at radius 2 is 1.58 bits per heavy atom. The highest BCUT2D eigenvalue weighted by Crippen LogP contribution is 2.48. The lowest BCUT2D eigenvalue weighted by molar-refractivity contribution is -0.113. The van der Waals surface area contributed by atoms with Gasteiger partial charge >= 0.3 is 0 Å². The van der Waals surface area contributed by atoms with E-state index in [1.807, 2.05) is 0 Å². The average Bonchev–Trinajstić information content (AvgIpc) is 3.14. The van der Waals surface area contributed by atoms with Crippen LogP contribution in [0, 0.1) is 5.82 Å². The van der Waals surface area contributed by atoms with E-state index < -0.39 is 5.82 Å². The van der Waals surface area contributed by atoms with Crippen LogP contribution in [0.5, 0.6) is 11.5 Å². The molecule has 0 aromatic heterocycles. The summed E-state index contributed by atoms with van der Waals surface area (Å²) < 4.78 is 24.5. The number of nitrogens with one attached hydrogen (secondary N) is 1. The number of methoxy groups -OCH3 is 1. The molecule has 1 N–H and O–H groups in total. The summed E-state index contributed by atoms with van der Waals surface area (Å²) in [5.74, 6) is -0.218. The van der Waals surface area contributed by atoms with Gasteiger partial charge in [0.05, 0.1) is 27.9 Å². The summed E-state index contributed by atoms with van der Waals surface area (Å²) in [5, 5.41) is 3.15. The number of rotatable bonds is 6. The van der Waals surface area contributed by atoms with Crippen molar-refractivity contribution < 1.29 is 18.7 Å². The molecule has 186 valence electrons. The predicted molar refractivity (Wildman–Crippen MR) is 146 cm³/mol. The Morgan fingerprint density at radius 1 is 0.972 bits per heavy atom. The lowest BCUT2D eigenvalue weighted by Crippen LogP contribution is -2.30. The van der Waals surface area contributed by atoms with Crippen molar-refractivity contribution in [3.8, 4) is 11.5 Å². The standard InChI is InChI=1S/C24H14Cl5FN2O3S/c1-34-16-7-2-11(8-12(16)10-35-22-20(28)18(26)17(25)19(27)21(22)29)9-15-23(33)32(24(36)31-15)14-5-3-13(30)4-6-14/h2-9H,10H2,1H3,(H,31,36)/b15-9+. The molecule has 4 rings (SSSR count). The Bertz CT molecular complexity index is 1390. The summed E-state index contributed by atoms with van der Waals surface area (Å²) in [6.45, 7) is -0.0184. The van der Waals surface area contributed by atoms with E-state index in [1.54, 1.807) is 24.3 Å². The molecule has 0 spiro atoms. The SMILES string of the molecule is COc1ccc(/C=C2/NC(=S)N(c3ccc(F)cc3)C2=O)cc1COc1c(Cl)c(Cl)c(Cl)c(Cl)c1Cl. The van der Waals surface area contributed by atoms with Crippen LogP contribution in [-0.4, -0.2) is 18.1 Å². The van der Waals surface area contributed by atoms with Gasteiger partial charge in [-0.2, -0.15) is 0 Å². The van der Waals surface area contributed by atoms with Gasteiger partial charge in [0.1, 0.15) is 33.9 Å². The van der Waals surface area contributed by atoms with Crippen molar-refractivity contribution >= 4 is 93.0 Å². The van der Waals surface area contributed by atoms with E-state index in [1.165, 1.54) is 36.3 Å². The maximum atomic E-state index is 13.3. The van der Waals surface area contributed by atoms with E-state index in [2.05, 4.69) is 5.32 Å². The van der Waals surface area contributed by atoms with Gasteiger partial charge < -0.3 is 14.8 Å². The maximum absolute atomic E-state index is 13.3. The summed E-state index contributed by atoms with van der Waals surface area (Å²) in [6, 6.07) is 10.7. The van der Waals surface area contributed by atoms with Gasteiger partial charge in [-0.15, -0.1) is 0 Å². The summed E-state index contributed by atoms with van der Waals surface area (Å²) in [5.41, 5.74) is 1.95. The molecular formula is C24H14Cl5FN2O3S. The Hall–Kier alpha value is -2.26. The molecule has 1 saturated heterocycles. The Morgan fingerprint density at radius 3 is 2.19 bits per heavy atom. The second kappa shape index (κ2) is 11.0. The van der Waals surface area contributed by atoms with Crippen LogP contribution >= 0.6 is 70.2 Å². The third-order valence-corrected chi connectivity index (χ3v) is 7.65. The third-order valence-electron chi connectivity index (χ3n) is 5.12. The van der Waals surface area contributed by atoms with Crippen LogP contribution in [0.25, 0.3) is 6.08 Å². The van der Waals surface area contributed by atoms with E-state index in [0.717, 1.165) is 0 Å². The fourth-order valence-electron chi connectivity index (χ4n) is 3.39. The fraction of sp³-hybridized carbons (Fsp3) is 0.0833. The summed E-state index contributed by atoms with van der Waals surface area (Å²) in [6.07, 6.45) is 1.62. The fourth-order valence-corrected chi connectivity index (χ4v) is 4.92. The van der Waals surface area contributed by atoms with Gasteiger partial charge in [0.2, 0.25) is 0 Å². The Balaban J connectivity index is 1.61. The maximum Gasteiger partial charge on any atom is 0.281 e. The van der Waals surface area contributed by atoms with Crippen molar-refractivity contribution in [2.75, 3.05) is 12.0 Å². The lowest BCUT2D eigenvalue weighted by Gasteiger charge is -2.15. The van der Waals surface area contributed by atoms with Crippen molar-refractivity contribution in [1.82, 2.24) is 5.32 Å². The first-order chi connectivity index (χ1) is 17.1. The zero-order valence-electron chi connectivity index (χ0n) is 18.2. The van der Waals surface area contributed by atoms with Crippen LogP contribution in [0.2, 0.25) is 25.1 Å². The molecule has 3 aromatic carbocycles.